The number of aryl methyl sites for hydroxylation is 1. The third kappa shape index (κ3) is 3.35. The van der Waals surface area contributed by atoms with Gasteiger partial charge in [0.05, 0.1) is 0 Å². The summed E-state index contributed by atoms with van der Waals surface area (Å²) >= 11 is 11.6. The number of aromatic nitrogens is 3. The maximum atomic E-state index is 11.6. The first-order chi connectivity index (χ1) is 8.52. The van der Waals surface area contributed by atoms with Gasteiger partial charge in [-0.1, -0.05) is 23.2 Å². The standard InChI is InChI=1S/C10H9Cl2N5O/c1-5-13-9(17-16-5)15-10(18)14-8-3-6(11)2-7(12)4-8/h2-4H,1H3,(H3,13,14,15,16,17,18). The molecular formula is C10H9Cl2N5O. The van der Waals surface area contributed by atoms with Crippen LogP contribution in [0.2, 0.25) is 10.0 Å². The number of H-pyrrole nitrogens is 1. The molecule has 2 aromatic rings. The van der Waals surface area contributed by atoms with Crippen molar-refractivity contribution in [2.24, 2.45) is 0 Å². The summed E-state index contributed by atoms with van der Waals surface area (Å²) in [6, 6.07) is 4.25. The van der Waals surface area contributed by atoms with Gasteiger partial charge in [0.15, 0.2) is 0 Å². The van der Waals surface area contributed by atoms with Gasteiger partial charge < -0.3 is 5.32 Å². The Kier molecular flexibility index (Phi) is 3.69. The summed E-state index contributed by atoms with van der Waals surface area (Å²) in [6.45, 7) is 1.73. The molecule has 0 saturated carbocycles. The third-order valence-corrected chi connectivity index (χ3v) is 2.38. The lowest BCUT2D eigenvalue weighted by atomic mass is 10.3. The second-order valence-electron chi connectivity index (χ2n) is 3.48. The first kappa shape index (κ1) is 12.7. The van der Waals surface area contributed by atoms with Gasteiger partial charge in [0.1, 0.15) is 5.82 Å². The van der Waals surface area contributed by atoms with Crippen LogP contribution >= 0.6 is 23.2 Å². The van der Waals surface area contributed by atoms with E-state index in [1.807, 2.05) is 0 Å². The van der Waals surface area contributed by atoms with Crippen molar-refractivity contribution in [3.63, 3.8) is 0 Å². The van der Waals surface area contributed by atoms with Crippen molar-refractivity contribution >= 4 is 40.9 Å². The number of carbonyl (C=O) groups is 1. The van der Waals surface area contributed by atoms with Crippen LogP contribution in [-0.2, 0) is 0 Å². The first-order valence-electron chi connectivity index (χ1n) is 4.96. The van der Waals surface area contributed by atoms with Gasteiger partial charge in [-0.05, 0) is 25.1 Å². The number of nitrogens with zero attached hydrogens (tertiary/aromatic N) is 2. The first-order valence-corrected chi connectivity index (χ1v) is 5.71. The Bertz CT molecular complexity index is 563. The van der Waals surface area contributed by atoms with Crippen molar-refractivity contribution in [2.75, 3.05) is 10.6 Å². The molecule has 1 aromatic heterocycles. The van der Waals surface area contributed by atoms with Crippen molar-refractivity contribution in [3.05, 3.63) is 34.1 Å². The summed E-state index contributed by atoms with van der Waals surface area (Å²) in [5.41, 5.74) is 0.484. The lowest BCUT2D eigenvalue weighted by molar-refractivity contribution is 0.262. The van der Waals surface area contributed by atoms with Crippen LogP contribution in [0.15, 0.2) is 18.2 Å². The molecule has 0 saturated heterocycles. The topological polar surface area (TPSA) is 82.7 Å². The fraction of sp³-hybridized carbons (Fsp3) is 0.100. The maximum Gasteiger partial charge on any atom is 0.326 e. The molecule has 6 nitrogen and oxygen atoms in total. The van der Waals surface area contributed by atoms with Gasteiger partial charge in [-0.2, -0.15) is 4.98 Å². The average Bonchev–Trinajstić information content (AvgIpc) is 2.61. The van der Waals surface area contributed by atoms with Crippen LogP contribution in [0.5, 0.6) is 0 Å². The quantitative estimate of drug-likeness (QED) is 0.793. The van der Waals surface area contributed by atoms with E-state index in [-0.39, 0.29) is 5.95 Å². The normalized spacial score (nSPS) is 10.2. The Labute approximate surface area is 113 Å². The second-order valence-corrected chi connectivity index (χ2v) is 4.35. The molecule has 0 aliphatic carbocycles. The van der Waals surface area contributed by atoms with E-state index in [1.54, 1.807) is 25.1 Å². The molecule has 0 bridgehead atoms. The zero-order chi connectivity index (χ0) is 13.1. The van der Waals surface area contributed by atoms with Crippen LogP contribution in [0, 0.1) is 6.92 Å². The third-order valence-electron chi connectivity index (χ3n) is 1.94. The fourth-order valence-electron chi connectivity index (χ4n) is 1.29. The van der Waals surface area contributed by atoms with Gasteiger partial charge in [0.25, 0.3) is 0 Å². The largest absolute Gasteiger partial charge is 0.326 e. The molecule has 0 fully saturated rings. The molecule has 0 atom stereocenters. The summed E-state index contributed by atoms with van der Waals surface area (Å²) in [4.78, 5) is 15.5. The summed E-state index contributed by atoms with van der Waals surface area (Å²) < 4.78 is 0. The molecule has 0 aliphatic rings. The number of aromatic amines is 1. The summed E-state index contributed by atoms with van der Waals surface area (Å²) in [5.74, 6) is 0.800. The Hall–Kier alpha value is -1.79. The van der Waals surface area contributed by atoms with E-state index >= 15 is 0 Å². The minimum atomic E-state index is -0.479. The van der Waals surface area contributed by atoms with Gasteiger partial charge >= 0.3 is 6.03 Å². The highest BCUT2D eigenvalue weighted by Gasteiger charge is 2.07. The SMILES string of the molecule is Cc1nc(NC(=O)Nc2cc(Cl)cc(Cl)c2)n[nH]1. The van der Waals surface area contributed by atoms with E-state index in [0.29, 0.717) is 21.6 Å². The molecule has 8 heteroatoms. The van der Waals surface area contributed by atoms with Crippen LogP contribution < -0.4 is 10.6 Å². The highest BCUT2D eigenvalue weighted by Crippen LogP contribution is 2.22. The van der Waals surface area contributed by atoms with E-state index in [2.05, 4.69) is 25.8 Å². The molecule has 3 N–H and O–H groups in total. The molecule has 18 heavy (non-hydrogen) atoms. The van der Waals surface area contributed by atoms with E-state index in [1.165, 1.54) is 0 Å². The molecular weight excluding hydrogens is 277 g/mol. The lowest BCUT2D eigenvalue weighted by Crippen LogP contribution is -2.20. The average molecular weight is 286 g/mol. The van der Waals surface area contributed by atoms with Crippen molar-refractivity contribution < 1.29 is 4.79 Å². The summed E-state index contributed by atoms with van der Waals surface area (Å²) in [6.07, 6.45) is 0. The molecule has 0 radical (unpaired) electrons. The second kappa shape index (κ2) is 5.24. The fourth-order valence-corrected chi connectivity index (χ4v) is 1.81. The number of rotatable bonds is 2. The summed E-state index contributed by atoms with van der Waals surface area (Å²) in [7, 11) is 0. The van der Waals surface area contributed by atoms with Gasteiger partial charge in [-0.25, -0.2) is 4.79 Å². The van der Waals surface area contributed by atoms with Crippen molar-refractivity contribution in [2.45, 2.75) is 6.92 Å². The predicted molar refractivity (Wildman–Crippen MR) is 70.2 cm³/mol. The Morgan fingerprint density at radius 2 is 1.89 bits per heavy atom. The zero-order valence-electron chi connectivity index (χ0n) is 9.29. The van der Waals surface area contributed by atoms with E-state index in [4.69, 9.17) is 23.2 Å². The molecule has 0 spiro atoms. The van der Waals surface area contributed by atoms with Gasteiger partial charge in [0.2, 0.25) is 5.95 Å². The minimum Gasteiger partial charge on any atom is -0.308 e. The molecule has 1 heterocycles. The number of halogens is 2. The highest BCUT2D eigenvalue weighted by molar-refractivity contribution is 6.35. The number of benzene rings is 1. The number of carbonyl (C=O) groups excluding carboxylic acids is 1. The number of urea groups is 1. The van der Waals surface area contributed by atoms with Crippen LogP contribution in [-0.4, -0.2) is 21.2 Å². The van der Waals surface area contributed by atoms with Gasteiger partial charge in [-0.3, -0.25) is 10.4 Å². The molecule has 0 unspecified atom stereocenters. The number of hydrogen-bond acceptors (Lipinski definition) is 3. The van der Waals surface area contributed by atoms with Gasteiger partial charge in [-0.15, -0.1) is 5.10 Å². The number of nitrogens with one attached hydrogen (secondary N) is 3. The highest BCUT2D eigenvalue weighted by atomic mass is 35.5. The molecule has 2 amide bonds. The summed E-state index contributed by atoms with van der Waals surface area (Å²) in [5, 5.41) is 12.3. The number of anilines is 2. The Morgan fingerprint density at radius 3 is 2.44 bits per heavy atom. The van der Waals surface area contributed by atoms with E-state index < -0.39 is 6.03 Å². The lowest BCUT2D eigenvalue weighted by Gasteiger charge is -2.05. The molecule has 0 aliphatic heterocycles. The van der Waals surface area contributed by atoms with E-state index in [9.17, 15) is 4.79 Å². The zero-order valence-corrected chi connectivity index (χ0v) is 10.8. The molecule has 2 rings (SSSR count). The van der Waals surface area contributed by atoms with Crippen molar-refractivity contribution in [1.82, 2.24) is 15.2 Å². The number of hydrogen-bond donors (Lipinski definition) is 3. The molecule has 1 aromatic carbocycles. The van der Waals surface area contributed by atoms with Crippen LogP contribution in [0.25, 0.3) is 0 Å². The van der Waals surface area contributed by atoms with Crippen LogP contribution in [0.1, 0.15) is 5.82 Å². The van der Waals surface area contributed by atoms with Crippen molar-refractivity contribution in [1.29, 1.82) is 0 Å². The Balaban J connectivity index is 2.02. The van der Waals surface area contributed by atoms with Crippen molar-refractivity contribution in [3.8, 4) is 0 Å². The maximum absolute atomic E-state index is 11.6. The number of amides is 2. The van der Waals surface area contributed by atoms with Crippen LogP contribution in [0.4, 0.5) is 16.4 Å². The minimum absolute atomic E-state index is 0.193. The monoisotopic (exact) mass is 285 g/mol. The smallest absolute Gasteiger partial charge is 0.308 e. The van der Waals surface area contributed by atoms with E-state index in [0.717, 1.165) is 0 Å². The Morgan fingerprint density at radius 1 is 1.22 bits per heavy atom. The molecule has 94 valence electrons. The van der Waals surface area contributed by atoms with Crippen LogP contribution in [0.3, 0.4) is 0 Å². The predicted octanol–water partition coefficient (Wildman–Crippen LogP) is 3.06. The van der Waals surface area contributed by atoms with Gasteiger partial charge in [0, 0.05) is 15.7 Å².